The van der Waals surface area contributed by atoms with Crippen molar-refractivity contribution in [2.45, 2.75) is 63.3 Å². The largest absolute Gasteiger partial charge is 0.406 e. The number of aliphatic hydroxyl groups is 1. The summed E-state index contributed by atoms with van der Waals surface area (Å²) >= 11 is 0. The molecule has 0 aliphatic rings. The van der Waals surface area contributed by atoms with Gasteiger partial charge in [0.2, 0.25) is 0 Å². The van der Waals surface area contributed by atoms with Gasteiger partial charge in [0.15, 0.2) is 0 Å². The molecule has 65 heavy (non-hydrogen) atoms. The molecule has 7 aromatic carbocycles. The maximum Gasteiger partial charge on any atom is 0.261 e. The summed E-state index contributed by atoms with van der Waals surface area (Å²) < 4.78 is 22.1. The fourth-order valence-corrected chi connectivity index (χ4v) is 18.9. The van der Waals surface area contributed by atoms with E-state index in [1.54, 1.807) is 0 Å². The molecule has 7 rings (SSSR count). The Morgan fingerprint density at radius 2 is 0.677 bits per heavy atom. The highest BCUT2D eigenvalue weighted by molar-refractivity contribution is 7.00. The third-order valence-corrected chi connectivity index (χ3v) is 22.9. The SMILES string of the molecule is CC(C)(C)[Si](OCCN(CCO[Si](c1ccccc1)(c1ccccc1)C(C)(C)C)CC(O)COC(c1ccccc1)(c1ccccc1)c1ccccc1)(c1ccccc1)c1ccccc1. The van der Waals surface area contributed by atoms with Gasteiger partial charge in [-0.3, -0.25) is 4.90 Å². The van der Waals surface area contributed by atoms with Crippen LogP contribution in [0, 0.1) is 0 Å². The predicted molar refractivity (Wildman–Crippen MR) is 275 cm³/mol. The second kappa shape index (κ2) is 21.4. The topological polar surface area (TPSA) is 51.2 Å². The Balaban J connectivity index is 1.21. The van der Waals surface area contributed by atoms with E-state index in [1.165, 1.54) is 20.7 Å². The molecule has 1 atom stereocenters. The maximum atomic E-state index is 12.3. The van der Waals surface area contributed by atoms with E-state index < -0.39 is 28.3 Å². The van der Waals surface area contributed by atoms with Gasteiger partial charge in [-0.15, -0.1) is 0 Å². The van der Waals surface area contributed by atoms with Crippen molar-refractivity contribution in [3.8, 4) is 0 Å². The molecule has 0 aliphatic heterocycles. The van der Waals surface area contributed by atoms with E-state index in [0.29, 0.717) is 32.8 Å². The number of benzene rings is 7. The molecular formula is C58H67NO4Si2. The molecule has 336 valence electrons. The van der Waals surface area contributed by atoms with Crippen molar-refractivity contribution in [1.82, 2.24) is 4.90 Å². The van der Waals surface area contributed by atoms with Crippen LogP contribution in [0.5, 0.6) is 0 Å². The first-order chi connectivity index (χ1) is 31.4. The van der Waals surface area contributed by atoms with Gasteiger partial charge in [0.05, 0.1) is 12.7 Å². The number of ether oxygens (including phenoxy) is 1. The molecule has 0 amide bonds. The van der Waals surface area contributed by atoms with Crippen molar-refractivity contribution < 1.29 is 18.7 Å². The van der Waals surface area contributed by atoms with Crippen molar-refractivity contribution in [3.05, 3.63) is 229 Å². The molecule has 0 heterocycles. The van der Waals surface area contributed by atoms with Crippen LogP contribution in [0.4, 0.5) is 0 Å². The summed E-state index contributed by atoms with van der Waals surface area (Å²) in [4.78, 5) is 2.32. The minimum atomic E-state index is -2.82. The summed E-state index contributed by atoms with van der Waals surface area (Å²) in [7, 11) is -5.64. The molecule has 0 saturated carbocycles. The van der Waals surface area contributed by atoms with Crippen LogP contribution in [0.15, 0.2) is 212 Å². The van der Waals surface area contributed by atoms with Gasteiger partial charge in [0.1, 0.15) is 5.60 Å². The Morgan fingerprint density at radius 3 is 0.938 bits per heavy atom. The predicted octanol–water partition coefficient (Wildman–Crippen LogP) is 9.81. The van der Waals surface area contributed by atoms with Gasteiger partial charge in [0, 0.05) is 32.8 Å². The molecule has 0 fully saturated rings. The highest BCUT2D eigenvalue weighted by Gasteiger charge is 2.51. The van der Waals surface area contributed by atoms with Crippen LogP contribution in [-0.4, -0.2) is 72.2 Å². The average molecular weight is 898 g/mol. The first-order valence-corrected chi connectivity index (χ1v) is 26.9. The zero-order valence-corrected chi connectivity index (χ0v) is 41.1. The Labute approximate surface area is 391 Å². The smallest absolute Gasteiger partial charge is 0.261 e. The fourth-order valence-electron chi connectivity index (χ4n) is 9.81. The zero-order valence-electron chi connectivity index (χ0n) is 39.1. The lowest BCUT2D eigenvalue weighted by atomic mass is 9.80. The lowest BCUT2D eigenvalue weighted by Gasteiger charge is -2.44. The molecule has 0 radical (unpaired) electrons. The third kappa shape index (κ3) is 10.4. The van der Waals surface area contributed by atoms with Crippen molar-refractivity contribution >= 4 is 37.4 Å². The van der Waals surface area contributed by atoms with E-state index in [2.05, 4.69) is 241 Å². The average Bonchev–Trinajstić information content (AvgIpc) is 3.33. The van der Waals surface area contributed by atoms with Crippen LogP contribution in [0.2, 0.25) is 10.1 Å². The van der Waals surface area contributed by atoms with E-state index >= 15 is 0 Å². The Morgan fingerprint density at radius 1 is 0.415 bits per heavy atom. The minimum absolute atomic E-state index is 0.0975. The number of hydrogen-bond donors (Lipinski definition) is 1. The Hall–Kier alpha value is -5.23. The second-order valence-corrected chi connectivity index (χ2v) is 27.7. The number of rotatable bonds is 20. The summed E-state index contributed by atoms with van der Waals surface area (Å²) in [5.74, 6) is 0. The Bertz CT molecular complexity index is 2160. The quantitative estimate of drug-likeness (QED) is 0.0611. The molecule has 0 spiro atoms. The highest BCUT2D eigenvalue weighted by Crippen LogP contribution is 2.41. The minimum Gasteiger partial charge on any atom is -0.406 e. The molecule has 0 aliphatic carbocycles. The zero-order chi connectivity index (χ0) is 45.8. The summed E-state index contributed by atoms with van der Waals surface area (Å²) in [6, 6.07) is 74.3. The number of nitrogens with zero attached hydrogens (tertiary/aromatic N) is 1. The third-order valence-electron chi connectivity index (χ3n) is 12.8. The number of hydrogen-bond acceptors (Lipinski definition) is 5. The van der Waals surface area contributed by atoms with Crippen LogP contribution >= 0.6 is 0 Å². The molecule has 0 bridgehead atoms. The normalized spacial score (nSPS) is 13.2. The molecule has 0 saturated heterocycles. The highest BCUT2D eigenvalue weighted by atomic mass is 28.4. The van der Waals surface area contributed by atoms with Crippen LogP contribution in [0.25, 0.3) is 0 Å². The second-order valence-electron chi connectivity index (χ2n) is 19.1. The van der Waals surface area contributed by atoms with Crippen LogP contribution in [-0.2, 0) is 19.2 Å². The molecular weight excluding hydrogens is 831 g/mol. The van der Waals surface area contributed by atoms with Crippen molar-refractivity contribution in [2.24, 2.45) is 0 Å². The lowest BCUT2D eigenvalue weighted by Crippen LogP contribution is -2.67. The van der Waals surface area contributed by atoms with Crippen LogP contribution < -0.4 is 20.7 Å². The van der Waals surface area contributed by atoms with Crippen molar-refractivity contribution in [1.29, 1.82) is 0 Å². The molecule has 5 nitrogen and oxygen atoms in total. The van der Waals surface area contributed by atoms with E-state index in [9.17, 15) is 5.11 Å². The van der Waals surface area contributed by atoms with E-state index in [1.807, 2.05) is 18.2 Å². The van der Waals surface area contributed by atoms with Gasteiger partial charge in [-0.2, -0.15) is 0 Å². The first-order valence-electron chi connectivity index (χ1n) is 23.1. The van der Waals surface area contributed by atoms with E-state index in [-0.39, 0.29) is 16.7 Å². The lowest BCUT2D eigenvalue weighted by molar-refractivity contribution is -0.0479. The molecule has 7 heteroatoms. The maximum absolute atomic E-state index is 12.3. The van der Waals surface area contributed by atoms with Gasteiger partial charge >= 0.3 is 0 Å². The first kappa shape index (κ1) is 47.7. The van der Waals surface area contributed by atoms with Gasteiger partial charge in [-0.1, -0.05) is 254 Å². The van der Waals surface area contributed by atoms with Crippen LogP contribution in [0.3, 0.4) is 0 Å². The van der Waals surface area contributed by atoms with E-state index in [4.69, 9.17) is 13.6 Å². The standard InChI is InChI=1S/C58H67NO4Si2/c1-56(2,3)64(52-34-20-10-21-35-52,53-36-22-11-23-37-53)62-44-42-59(43-45-63-65(57(4,5)6,54-38-24-12-25-39-54)55-40-26-13-27-41-55)46-51(60)47-61-58(48-28-14-7-15-29-48,49-30-16-8-17-31-49)50-32-18-9-19-33-50/h7-41,51,60H,42-47H2,1-6H3. The van der Waals surface area contributed by atoms with Gasteiger partial charge in [-0.25, -0.2) is 0 Å². The summed E-state index contributed by atoms with van der Waals surface area (Å²) in [6.45, 7) is 16.5. The molecule has 1 unspecified atom stereocenters. The van der Waals surface area contributed by atoms with Gasteiger partial charge < -0.3 is 18.7 Å². The summed E-state index contributed by atoms with van der Waals surface area (Å²) in [6.07, 6.45) is -0.828. The van der Waals surface area contributed by atoms with E-state index in [0.717, 1.165) is 16.7 Å². The summed E-state index contributed by atoms with van der Waals surface area (Å²) in [5, 5.41) is 16.9. The summed E-state index contributed by atoms with van der Waals surface area (Å²) in [5.41, 5.74) is 2.05. The number of aliphatic hydroxyl groups excluding tert-OH is 1. The molecule has 1 N–H and O–H groups in total. The van der Waals surface area contributed by atoms with Crippen LogP contribution in [0.1, 0.15) is 58.2 Å². The molecule has 7 aromatic rings. The monoisotopic (exact) mass is 897 g/mol. The fraction of sp³-hybridized carbons (Fsp3) is 0.276. The van der Waals surface area contributed by atoms with Crippen molar-refractivity contribution in [3.63, 3.8) is 0 Å². The Kier molecular flexibility index (Phi) is 15.7. The molecule has 0 aromatic heterocycles. The van der Waals surface area contributed by atoms with Crippen molar-refractivity contribution in [2.75, 3.05) is 39.5 Å². The van der Waals surface area contributed by atoms with Gasteiger partial charge in [0.25, 0.3) is 16.6 Å². The van der Waals surface area contributed by atoms with Gasteiger partial charge in [-0.05, 0) is 47.5 Å².